The average molecular weight is 231 g/mol. The lowest BCUT2D eigenvalue weighted by Gasteiger charge is -1.96. The Morgan fingerprint density at radius 3 is 2.65 bits per heavy atom. The van der Waals surface area contributed by atoms with E-state index in [0.717, 1.165) is 19.5 Å². The van der Waals surface area contributed by atoms with Gasteiger partial charge in [-0.25, -0.2) is 0 Å². The van der Waals surface area contributed by atoms with Crippen molar-refractivity contribution in [3.05, 3.63) is 47.7 Å². The Morgan fingerprint density at radius 1 is 1.12 bits per heavy atom. The molecule has 2 aromatic rings. The maximum absolute atomic E-state index is 5.57. The maximum Gasteiger partial charge on any atom is 0.220 e. The lowest BCUT2D eigenvalue weighted by atomic mass is 10.2. The molecule has 0 saturated carbocycles. The van der Waals surface area contributed by atoms with Crippen LogP contribution in [-0.4, -0.2) is 23.3 Å². The number of benzene rings is 1. The van der Waals surface area contributed by atoms with Crippen LogP contribution in [0.15, 0.2) is 34.7 Å². The first kappa shape index (κ1) is 11.8. The standard InChI is InChI=1S/C13H17N3O/c1-2-14-9-8-12-15-16-13(17-12)10-11-6-4-3-5-7-11/h3-7,14H,2,8-10H2,1H3. The highest BCUT2D eigenvalue weighted by Crippen LogP contribution is 2.08. The summed E-state index contributed by atoms with van der Waals surface area (Å²) in [6.45, 7) is 3.92. The Kier molecular flexibility index (Phi) is 4.27. The van der Waals surface area contributed by atoms with Gasteiger partial charge in [0, 0.05) is 13.0 Å². The number of nitrogens with zero attached hydrogens (tertiary/aromatic N) is 2. The van der Waals surface area contributed by atoms with Gasteiger partial charge in [0.05, 0.1) is 6.42 Å². The van der Waals surface area contributed by atoms with Gasteiger partial charge in [-0.3, -0.25) is 0 Å². The maximum atomic E-state index is 5.57. The van der Waals surface area contributed by atoms with E-state index in [4.69, 9.17) is 4.42 Å². The molecule has 2 rings (SSSR count). The van der Waals surface area contributed by atoms with Crippen molar-refractivity contribution in [3.8, 4) is 0 Å². The number of hydrogen-bond acceptors (Lipinski definition) is 4. The Morgan fingerprint density at radius 2 is 1.88 bits per heavy atom. The Balaban J connectivity index is 1.90. The number of likely N-dealkylation sites (N-methyl/N-ethyl adjacent to an activating group) is 1. The zero-order valence-electron chi connectivity index (χ0n) is 10.0. The van der Waals surface area contributed by atoms with Crippen molar-refractivity contribution in [1.29, 1.82) is 0 Å². The smallest absolute Gasteiger partial charge is 0.220 e. The fraction of sp³-hybridized carbons (Fsp3) is 0.385. The molecule has 0 amide bonds. The SMILES string of the molecule is CCNCCc1nnc(Cc2ccccc2)o1. The van der Waals surface area contributed by atoms with Gasteiger partial charge in [0.2, 0.25) is 11.8 Å². The van der Waals surface area contributed by atoms with Crippen molar-refractivity contribution in [2.45, 2.75) is 19.8 Å². The Bertz CT molecular complexity index is 439. The quantitative estimate of drug-likeness (QED) is 0.770. The van der Waals surface area contributed by atoms with E-state index in [9.17, 15) is 0 Å². The molecule has 1 N–H and O–H groups in total. The largest absolute Gasteiger partial charge is 0.425 e. The molecule has 4 heteroatoms. The van der Waals surface area contributed by atoms with Gasteiger partial charge in [0.15, 0.2) is 0 Å². The van der Waals surface area contributed by atoms with Crippen molar-refractivity contribution < 1.29 is 4.42 Å². The van der Waals surface area contributed by atoms with Gasteiger partial charge in [-0.05, 0) is 12.1 Å². The van der Waals surface area contributed by atoms with E-state index in [0.29, 0.717) is 18.2 Å². The van der Waals surface area contributed by atoms with Crippen molar-refractivity contribution >= 4 is 0 Å². The first-order chi connectivity index (χ1) is 8.38. The molecule has 0 saturated heterocycles. The minimum Gasteiger partial charge on any atom is -0.425 e. The lowest BCUT2D eigenvalue weighted by molar-refractivity contribution is 0.452. The summed E-state index contributed by atoms with van der Waals surface area (Å²) in [4.78, 5) is 0. The predicted octanol–water partition coefficient (Wildman–Crippen LogP) is 1.81. The first-order valence-corrected chi connectivity index (χ1v) is 5.94. The van der Waals surface area contributed by atoms with E-state index in [1.807, 2.05) is 18.2 Å². The zero-order valence-corrected chi connectivity index (χ0v) is 10.0. The van der Waals surface area contributed by atoms with Gasteiger partial charge in [0.1, 0.15) is 0 Å². The first-order valence-electron chi connectivity index (χ1n) is 5.94. The topological polar surface area (TPSA) is 51.0 Å². The summed E-state index contributed by atoms with van der Waals surface area (Å²) in [5.74, 6) is 1.39. The third-order valence-electron chi connectivity index (χ3n) is 2.47. The Hall–Kier alpha value is -1.68. The van der Waals surface area contributed by atoms with Gasteiger partial charge in [0.25, 0.3) is 0 Å². The molecular formula is C13H17N3O. The second-order valence-electron chi connectivity index (χ2n) is 3.86. The van der Waals surface area contributed by atoms with Crippen LogP contribution in [0, 0.1) is 0 Å². The Labute approximate surface area is 101 Å². The van der Waals surface area contributed by atoms with Crippen molar-refractivity contribution in [1.82, 2.24) is 15.5 Å². The van der Waals surface area contributed by atoms with Crippen LogP contribution in [0.5, 0.6) is 0 Å². The van der Waals surface area contributed by atoms with Gasteiger partial charge in [-0.2, -0.15) is 0 Å². The minimum atomic E-state index is 0.683. The summed E-state index contributed by atoms with van der Waals surface area (Å²) in [6.07, 6.45) is 1.49. The van der Waals surface area contributed by atoms with Gasteiger partial charge in [-0.15, -0.1) is 10.2 Å². The van der Waals surface area contributed by atoms with Crippen molar-refractivity contribution in [2.24, 2.45) is 0 Å². The number of hydrogen-bond donors (Lipinski definition) is 1. The molecule has 0 bridgehead atoms. The van der Waals surface area contributed by atoms with E-state index in [1.165, 1.54) is 5.56 Å². The molecule has 0 spiro atoms. The van der Waals surface area contributed by atoms with E-state index < -0.39 is 0 Å². The van der Waals surface area contributed by atoms with Crippen LogP contribution in [0.25, 0.3) is 0 Å². The molecule has 0 radical (unpaired) electrons. The van der Waals surface area contributed by atoms with Crippen LogP contribution in [-0.2, 0) is 12.8 Å². The van der Waals surface area contributed by atoms with E-state index >= 15 is 0 Å². The molecule has 17 heavy (non-hydrogen) atoms. The lowest BCUT2D eigenvalue weighted by Crippen LogP contribution is -2.16. The third kappa shape index (κ3) is 3.67. The van der Waals surface area contributed by atoms with Crippen LogP contribution in [0.2, 0.25) is 0 Å². The highest BCUT2D eigenvalue weighted by atomic mass is 16.4. The predicted molar refractivity (Wildman–Crippen MR) is 65.8 cm³/mol. The molecule has 90 valence electrons. The molecule has 0 fully saturated rings. The average Bonchev–Trinajstić information content (AvgIpc) is 2.79. The fourth-order valence-corrected chi connectivity index (χ4v) is 1.60. The van der Waals surface area contributed by atoms with Crippen molar-refractivity contribution in [2.75, 3.05) is 13.1 Å². The van der Waals surface area contributed by atoms with Crippen LogP contribution >= 0.6 is 0 Å². The summed E-state index contributed by atoms with van der Waals surface area (Å²) in [5.41, 5.74) is 1.19. The van der Waals surface area contributed by atoms with E-state index in [1.54, 1.807) is 0 Å². The summed E-state index contributed by atoms with van der Waals surface area (Å²) in [5, 5.41) is 11.3. The second kappa shape index (κ2) is 6.15. The molecule has 0 unspecified atom stereocenters. The highest BCUT2D eigenvalue weighted by Gasteiger charge is 2.06. The van der Waals surface area contributed by atoms with Crippen LogP contribution in [0.1, 0.15) is 24.3 Å². The highest BCUT2D eigenvalue weighted by molar-refractivity contribution is 5.17. The van der Waals surface area contributed by atoms with Crippen LogP contribution in [0.4, 0.5) is 0 Å². The summed E-state index contributed by atoms with van der Waals surface area (Å²) in [7, 11) is 0. The van der Waals surface area contributed by atoms with E-state index in [-0.39, 0.29) is 0 Å². The van der Waals surface area contributed by atoms with Gasteiger partial charge < -0.3 is 9.73 Å². The van der Waals surface area contributed by atoms with Crippen LogP contribution in [0.3, 0.4) is 0 Å². The van der Waals surface area contributed by atoms with Gasteiger partial charge >= 0.3 is 0 Å². The molecule has 1 aromatic carbocycles. The van der Waals surface area contributed by atoms with Crippen molar-refractivity contribution in [3.63, 3.8) is 0 Å². The minimum absolute atomic E-state index is 0.683. The molecule has 4 nitrogen and oxygen atoms in total. The van der Waals surface area contributed by atoms with Crippen LogP contribution < -0.4 is 5.32 Å². The molecule has 1 heterocycles. The molecular weight excluding hydrogens is 214 g/mol. The zero-order chi connectivity index (χ0) is 11.9. The monoisotopic (exact) mass is 231 g/mol. The number of aromatic nitrogens is 2. The third-order valence-corrected chi connectivity index (χ3v) is 2.47. The second-order valence-corrected chi connectivity index (χ2v) is 3.86. The molecule has 0 aliphatic heterocycles. The molecule has 1 aromatic heterocycles. The summed E-state index contributed by atoms with van der Waals surface area (Å²) < 4.78 is 5.57. The fourth-order valence-electron chi connectivity index (χ4n) is 1.60. The van der Waals surface area contributed by atoms with E-state index in [2.05, 4.69) is 34.6 Å². The summed E-state index contributed by atoms with van der Waals surface area (Å²) in [6, 6.07) is 10.1. The number of nitrogens with one attached hydrogen (secondary N) is 1. The molecule has 0 atom stereocenters. The summed E-state index contributed by atoms with van der Waals surface area (Å²) >= 11 is 0. The van der Waals surface area contributed by atoms with Gasteiger partial charge in [-0.1, -0.05) is 37.3 Å². The number of rotatable bonds is 6. The molecule has 0 aliphatic carbocycles. The molecule has 0 aliphatic rings. The normalized spacial score (nSPS) is 10.6.